The van der Waals surface area contributed by atoms with Crippen LogP contribution >= 0.6 is 0 Å². The van der Waals surface area contributed by atoms with E-state index in [9.17, 15) is 9.18 Å². The molecular formula is C18H20FNO2. The lowest BCUT2D eigenvalue weighted by Crippen LogP contribution is -2.31. The Bertz CT molecular complexity index is 677. The van der Waals surface area contributed by atoms with E-state index in [0.29, 0.717) is 12.3 Å². The number of carbonyl (C=O) groups is 1. The minimum absolute atomic E-state index is 0.225. The van der Waals surface area contributed by atoms with Crippen molar-refractivity contribution in [3.63, 3.8) is 0 Å². The van der Waals surface area contributed by atoms with Gasteiger partial charge in [-0.25, -0.2) is 4.39 Å². The summed E-state index contributed by atoms with van der Waals surface area (Å²) in [6, 6.07) is 9.90. The molecule has 0 radical (unpaired) electrons. The van der Waals surface area contributed by atoms with Crippen molar-refractivity contribution in [3.8, 4) is 5.75 Å². The first-order valence-electron chi connectivity index (χ1n) is 7.20. The monoisotopic (exact) mass is 301 g/mol. The van der Waals surface area contributed by atoms with E-state index >= 15 is 0 Å². The molecule has 22 heavy (non-hydrogen) atoms. The van der Waals surface area contributed by atoms with E-state index in [1.807, 2.05) is 39.0 Å². The number of hydrogen-bond acceptors (Lipinski definition) is 2. The lowest BCUT2D eigenvalue weighted by molar-refractivity contribution is 0.0985. The van der Waals surface area contributed by atoms with Gasteiger partial charge in [-0.3, -0.25) is 4.79 Å². The minimum Gasteiger partial charge on any atom is -0.496 e. The van der Waals surface area contributed by atoms with Crippen LogP contribution in [0.5, 0.6) is 5.75 Å². The molecule has 2 aromatic rings. The van der Waals surface area contributed by atoms with Crippen LogP contribution < -0.4 is 9.64 Å². The van der Waals surface area contributed by atoms with Crippen molar-refractivity contribution in [2.24, 2.45) is 0 Å². The number of hydrogen-bond donors (Lipinski definition) is 0. The molecule has 0 atom stereocenters. The maximum atomic E-state index is 13.5. The summed E-state index contributed by atoms with van der Waals surface area (Å²) in [5.41, 5.74) is 3.18. The molecule has 2 rings (SSSR count). The van der Waals surface area contributed by atoms with Crippen LogP contribution in [0, 0.1) is 19.7 Å². The normalized spacial score (nSPS) is 10.4. The van der Waals surface area contributed by atoms with Crippen LogP contribution in [0.3, 0.4) is 0 Å². The van der Waals surface area contributed by atoms with Gasteiger partial charge in [0.25, 0.3) is 5.91 Å². The molecule has 1 amide bonds. The second kappa shape index (κ2) is 6.60. The standard InChI is InChI=1S/C18H20FNO2/c1-5-20(15-9-12(2)8-13(3)10-15)18(21)16-11-14(19)6-7-17(16)22-4/h6-11H,5H2,1-4H3. The summed E-state index contributed by atoms with van der Waals surface area (Å²) in [6.45, 7) is 6.35. The number of carbonyl (C=O) groups excluding carboxylic acids is 1. The number of ether oxygens (including phenoxy) is 1. The van der Waals surface area contributed by atoms with E-state index in [1.54, 1.807) is 4.90 Å². The number of nitrogens with zero attached hydrogens (tertiary/aromatic N) is 1. The van der Waals surface area contributed by atoms with E-state index in [-0.39, 0.29) is 11.5 Å². The zero-order valence-corrected chi connectivity index (χ0v) is 13.3. The molecule has 0 bridgehead atoms. The average molecular weight is 301 g/mol. The Kier molecular flexibility index (Phi) is 4.81. The summed E-state index contributed by atoms with van der Waals surface area (Å²) >= 11 is 0. The molecule has 0 saturated heterocycles. The van der Waals surface area contributed by atoms with Gasteiger partial charge in [-0.2, -0.15) is 0 Å². The van der Waals surface area contributed by atoms with Crippen LogP contribution in [0.15, 0.2) is 36.4 Å². The van der Waals surface area contributed by atoms with Crippen LogP contribution in [0.2, 0.25) is 0 Å². The van der Waals surface area contributed by atoms with E-state index in [4.69, 9.17) is 4.74 Å². The summed E-state index contributed by atoms with van der Waals surface area (Å²) in [7, 11) is 1.47. The fourth-order valence-electron chi connectivity index (χ4n) is 2.54. The molecule has 0 aromatic heterocycles. The summed E-state index contributed by atoms with van der Waals surface area (Å²) < 4.78 is 18.7. The SMILES string of the molecule is CCN(C(=O)c1cc(F)ccc1OC)c1cc(C)cc(C)c1. The molecule has 2 aromatic carbocycles. The Hall–Kier alpha value is -2.36. The first-order chi connectivity index (χ1) is 10.5. The highest BCUT2D eigenvalue weighted by atomic mass is 19.1. The molecule has 3 nitrogen and oxygen atoms in total. The molecule has 0 aliphatic carbocycles. The molecule has 0 heterocycles. The Morgan fingerprint density at radius 1 is 1.14 bits per heavy atom. The molecule has 0 saturated carbocycles. The lowest BCUT2D eigenvalue weighted by atomic mass is 10.1. The van der Waals surface area contributed by atoms with Gasteiger partial charge in [0.2, 0.25) is 0 Å². The molecule has 0 spiro atoms. The van der Waals surface area contributed by atoms with Crippen LogP contribution in [0.4, 0.5) is 10.1 Å². The molecule has 0 N–H and O–H groups in total. The Morgan fingerprint density at radius 3 is 2.32 bits per heavy atom. The first-order valence-corrected chi connectivity index (χ1v) is 7.20. The largest absolute Gasteiger partial charge is 0.496 e. The van der Waals surface area contributed by atoms with Gasteiger partial charge in [-0.15, -0.1) is 0 Å². The molecule has 0 fully saturated rings. The van der Waals surface area contributed by atoms with Crippen molar-refractivity contribution < 1.29 is 13.9 Å². The Morgan fingerprint density at radius 2 is 1.77 bits per heavy atom. The summed E-state index contributed by atoms with van der Waals surface area (Å²) in [5, 5.41) is 0. The van der Waals surface area contributed by atoms with Crippen molar-refractivity contribution in [2.45, 2.75) is 20.8 Å². The second-order valence-corrected chi connectivity index (χ2v) is 5.24. The third-order valence-corrected chi connectivity index (χ3v) is 3.47. The Labute approximate surface area is 130 Å². The lowest BCUT2D eigenvalue weighted by Gasteiger charge is -2.23. The fraction of sp³-hybridized carbons (Fsp3) is 0.278. The maximum Gasteiger partial charge on any atom is 0.262 e. The zero-order valence-electron chi connectivity index (χ0n) is 13.3. The van der Waals surface area contributed by atoms with Gasteiger partial charge in [0.15, 0.2) is 0 Å². The molecule has 0 aliphatic heterocycles. The van der Waals surface area contributed by atoms with Crippen LogP contribution in [0.25, 0.3) is 0 Å². The number of anilines is 1. The smallest absolute Gasteiger partial charge is 0.262 e. The fourth-order valence-corrected chi connectivity index (χ4v) is 2.54. The highest BCUT2D eigenvalue weighted by Crippen LogP contribution is 2.25. The summed E-state index contributed by atoms with van der Waals surface area (Å²) in [5.74, 6) is -0.362. The molecule has 116 valence electrons. The number of benzene rings is 2. The number of methoxy groups -OCH3 is 1. The second-order valence-electron chi connectivity index (χ2n) is 5.24. The van der Waals surface area contributed by atoms with Gasteiger partial charge < -0.3 is 9.64 Å². The van der Waals surface area contributed by atoms with Crippen molar-refractivity contribution in [3.05, 3.63) is 58.9 Å². The molecular weight excluding hydrogens is 281 g/mol. The van der Waals surface area contributed by atoms with Gasteiger partial charge in [0.1, 0.15) is 11.6 Å². The van der Waals surface area contributed by atoms with Crippen LogP contribution in [-0.2, 0) is 0 Å². The van der Waals surface area contributed by atoms with E-state index in [0.717, 1.165) is 16.8 Å². The van der Waals surface area contributed by atoms with Gasteiger partial charge >= 0.3 is 0 Å². The number of aryl methyl sites for hydroxylation is 2. The number of amides is 1. The van der Waals surface area contributed by atoms with Crippen LogP contribution in [0.1, 0.15) is 28.4 Å². The minimum atomic E-state index is -0.458. The van der Waals surface area contributed by atoms with Gasteiger partial charge in [-0.05, 0) is 62.2 Å². The third kappa shape index (κ3) is 3.27. The van der Waals surface area contributed by atoms with Crippen molar-refractivity contribution in [1.82, 2.24) is 0 Å². The van der Waals surface area contributed by atoms with Crippen LogP contribution in [-0.4, -0.2) is 19.6 Å². The van der Waals surface area contributed by atoms with Crippen molar-refractivity contribution in [1.29, 1.82) is 0 Å². The quantitative estimate of drug-likeness (QED) is 0.850. The molecule has 4 heteroatoms. The molecule has 0 unspecified atom stereocenters. The van der Waals surface area contributed by atoms with Gasteiger partial charge in [0.05, 0.1) is 12.7 Å². The summed E-state index contributed by atoms with van der Waals surface area (Å²) in [6.07, 6.45) is 0. The van der Waals surface area contributed by atoms with Gasteiger partial charge in [0, 0.05) is 12.2 Å². The highest BCUT2D eigenvalue weighted by molar-refractivity contribution is 6.08. The van der Waals surface area contributed by atoms with Gasteiger partial charge in [-0.1, -0.05) is 6.07 Å². The molecule has 0 aliphatic rings. The predicted octanol–water partition coefficient (Wildman–Crippen LogP) is 4.12. The maximum absolute atomic E-state index is 13.5. The predicted molar refractivity (Wildman–Crippen MR) is 86.2 cm³/mol. The number of halogens is 1. The highest BCUT2D eigenvalue weighted by Gasteiger charge is 2.21. The van der Waals surface area contributed by atoms with Crippen molar-refractivity contribution in [2.75, 3.05) is 18.6 Å². The van der Waals surface area contributed by atoms with Crippen molar-refractivity contribution >= 4 is 11.6 Å². The third-order valence-electron chi connectivity index (χ3n) is 3.47. The average Bonchev–Trinajstić information content (AvgIpc) is 2.46. The van der Waals surface area contributed by atoms with E-state index in [2.05, 4.69) is 0 Å². The Balaban J connectivity index is 2.47. The number of rotatable bonds is 4. The zero-order chi connectivity index (χ0) is 16.3. The van der Waals surface area contributed by atoms with E-state index < -0.39 is 5.82 Å². The topological polar surface area (TPSA) is 29.5 Å². The summed E-state index contributed by atoms with van der Waals surface area (Å²) in [4.78, 5) is 14.4. The first kappa shape index (κ1) is 16.0. The van der Waals surface area contributed by atoms with E-state index in [1.165, 1.54) is 25.3 Å².